The van der Waals surface area contributed by atoms with Crippen molar-refractivity contribution in [3.05, 3.63) is 35.5 Å². The average Bonchev–Trinajstić information content (AvgIpc) is 3.13. The maximum atomic E-state index is 13.3. The number of aliphatic hydroxyl groups is 2. The third-order valence-electron chi connectivity index (χ3n) is 9.47. The van der Waals surface area contributed by atoms with E-state index in [2.05, 4.69) is 37.5 Å². The summed E-state index contributed by atoms with van der Waals surface area (Å²) in [5.41, 5.74) is 3.44. The second kappa shape index (κ2) is 10.3. The molecule has 0 bridgehead atoms. The van der Waals surface area contributed by atoms with Gasteiger partial charge in [-0.05, 0) is 93.1 Å². The van der Waals surface area contributed by atoms with E-state index in [0.717, 1.165) is 31.5 Å². The van der Waals surface area contributed by atoms with Crippen molar-refractivity contribution in [2.45, 2.75) is 90.3 Å². The molecule has 4 aliphatic rings. The Bertz CT molecular complexity index is 762. The monoisotopic (exact) mass is 463 g/mol. The fourth-order valence-corrected chi connectivity index (χ4v) is 7.64. The number of nitrogens with zero attached hydrogens (tertiary/aromatic N) is 1. The van der Waals surface area contributed by atoms with Crippen LogP contribution in [0, 0.1) is 29.1 Å². The number of aliphatic hydroxyl groups excluding tert-OH is 2. The molecule has 4 rings (SSSR count). The summed E-state index contributed by atoms with van der Waals surface area (Å²) in [6, 6.07) is 0. The lowest BCUT2D eigenvalue weighted by molar-refractivity contribution is 0.0132. The molecule has 0 radical (unpaired) electrons. The molecular weight excluding hydrogens is 420 g/mol. The van der Waals surface area contributed by atoms with Crippen LogP contribution in [0.3, 0.4) is 0 Å². The van der Waals surface area contributed by atoms with E-state index in [1.807, 2.05) is 0 Å². The van der Waals surface area contributed by atoms with Crippen LogP contribution < -0.4 is 0 Å². The van der Waals surface area contributed by atoms with Gasteiger partial charge in [0.15, 0.2) is 0 Å². The predicted molar refractivity (Wildman–Crippen MR) is 129 cm³/mol. The van der Waals surface area contributed by atoms with Gasteiger partial charge < -0.3 is 15.1 Å². The van der Waals surface area contributed by atoms with Crippen molar-refractivity contribution >= 4 is 0 Å². The molecule has 7 atom stereocenters. The third-order valence-corrected chi connectivity index (χ3v) is 9.47. The highest BCUT2D eigenvalue weighted by Gasteiger charge is 2.50. The van der Waals surface area contributed by atoms with Gasteiger partial charge in [0.1, 0.15) is 0 Å². The lowest BCUT2D eigenvalue weighted by Crippen LogP contribution is -2.44. The minimum Gasteiger partial charge on any atom is -0.388 e. The van der Waals surface area contributed by atoms with Crippen LogP contribution in [0.25, 0.3) is 0 Å². The fourth-order valence-electron chi connectivity index (χ4n) is 7.64. The summed E-state index contributed by atoms with van der Waals surface area (Å²) in [5.74, 6) is 1.28. The second-order valence-corrected chi connectivity index (χ2v) is 11.7. The molecule has 1 aliphatic heterocycles. The Labute approximate surface area is 198 Å². The molecular formula is C28H43F2NO2. The Hall–Kier alpha value is -1.04. The summed E-state index contributed by atoms with van der Waals surface area (Å²) in [5, 5.41) is 20.3. The maximum absolute atomic E-state index is 13.3. The zero-order valence-electron chi connectivity index (χ0n) is 20.5. The molecule has 0 amide bonds. The van der Waals surface area contributed by atoms with Gasteiger partial charge in [-0.25, -0.2) is 8.78 Å². The smallest absolute Gasteiger partial charge is 0.242 e. The van der Waals surface area contributed by atoms with Crippen LogP contribution in [0.2, 0.25) is 0 Å². The van der Waals surface area contributed by atoms with E-state index in [1.54, 1.807) is 0 Å². The minimum atomic E-state index is -2.19. The molecule has 1 saturated heterocycles. The summed E-state index contributed by atoms with van der Waals surface area (Å²) in [6.07, 6.45) is 9.65. The van der Waals surface area contributed by atoms with Crippen LogP contribution >= 0.6 is 0 Å². The van der Waals surface area contributed by atoms with Gasteiger partial charge in [0.2, 0.25) is 6.43 Å². The van der Waals surface area contributed by atoms with Crippen LogP contribution in [0.4, 0.5) is 8.78 Å². The molecule has 3 nitrogen and oxygen atoms in total. The van der Waals surface area contributed by atoms with Crippen LogP contribution in [0.5, 0.6) is 0 Å². The van der Waals surface area contributed by atoms with E-state index in [1.165, 1.54) is 31.3 Å². The van der Waals surface area contributed by atoms with Gasteiger partial charge in [0.25, 0.3) is 0 Å². The summed E-state index contributed by atoms with van der Waals surface area (Å²) >= 11 is 0. The quantitative estimate of drug-likeness (QED) is 0.511. The summed E-state index contributed by atoms with van der Waals surface area (Å²) in [4.78, 5) is 2.30. The van der Waals surface area contributed by atoms with Gasteiger partial charge in [0, 0.05) is 19.0 Å². The van der Waals surface area contributed by atoms with Crippen LogP contribution in [0.1, 0.15) is 71.6 Å². The number of halogens is 2. The Morgan fingerprint density at radius 3 is 2.55 bits per heavy atom. The normalized spacial score (nSPS) is 40.3. The van der Waals surface area contributed by atoms with Crippen molar-refractivity contribution < 1.29 is 19.0 Å². The van der Waals surface area contributed by atoms with Gasteiger partial charge in [-0.2, -0.15) is 0 Å². The molecule has 2 N–H and O–H groups in total. The molecule has 1 heterocycles. The number of piperidine rings is 1. The van der Waals surface area contributed by atoms with Crippen LogP contribution in [-0.2, 0) is 0 Å². The van der Waals surface area contributed by atoms with Crippen LogP contribution in [0.15, 0.2) is 35.5 Å². The van der Waals surface area contributed by atoms with E-state index in [9.17, 15) is 19.0 Å². The Kier molecular flexibility index (Phi) is 7.82. The fraction of sp³-hybridized carbons (Fsp3) is 0.786. The largest absolute Gasteiger partial charge is 0.388 e. The summed E-state index contributed by atoms with van der Waals surface area (Å²) in [7, 11) is 0. The number of allylic oxidation sites excluding steroid dienone is 3. The van der Waals surface area contributed by atoms with E-state index in [4.69, 9.17) is 0 Å². The highest BCUT2D eigenvalue weighted by Crippen LogP contribution is 2.59. The number of hydrogen-bond donors (Lipinski definition) is 2. The van der Waals surface area contributed by atoms with Crippen molar-refractivity contribution in [3.8, 4) is 0 Å². The van der Waals surface area contributed by atoms with Crippen molar-refractivity contribution in [1.82, 2.24) is 4.90 Å². The molecule has 2 unspecified atom stereocenters. The number of fused-ring (bicyclic) bond motifs is 1. The summed E-state index contributed by atoms with van der Waals surface area (Å²) < 4.78 is 26.5. The molecule has 33 heavy (non-hydrogen) atoms. The molecule has 0 aromatic heterocycles. The Morgan fingerprint density at radius 2 is 1.85 bits per heavy atom. The second-order valence-electron chi connectivity index (χ2n) is 11.7. The van der Waals surface area contributed by atoms with Gasteiger partial charge >= 0.3 is 0 Å². The average molecular weight is 464 g/mol. The van der Waals surface area contributed by atoms with Crippen molar-refractivity contribution in [2.75, 3.05) is 19.6 Å². The first-order valence-electron chi connectivity index (χ1n) is 13.1. The number of alkyl halides is 2. The maximum Gasteiger partial charge on any atom is 0.242 e. The van der Waals surface area contributed by atoms with Crippen molar-refractivity contribution in [1.29, 1.82) is 0 Å². The molecule has 5 heteroatoms. The number of rotatable bonds is 5. The van der Waals surface area contributed by atoms with Gasteiger partial charge in [-0.1, -0.05) is 43.7 Å². The number of likely N-dealkylation sites (tertiary alicyclic amines) is 1. The van der Waals surface area contributed by atoms with Crippen molar-refractivity contribution in [3.63, 3.8) is 0 Å². The zero-order chi connectivity index (χ0) is 23.8. The molecule has 0 spiro atoms. The standard InChI is InChI=1S/C28H43F2NO2/c1-18(16-31-13-5-7-22(17-31)27(29)30)23-10-11-24-21(6-4-12-28(23,24)3)9-8-20-14-25(32)19(2)26(33)15-20/h8-9,18,22-27,32-33H,2,4-7,10-17H2,1,3H3/t18?,22?,23-,24+,25-,26-,28-/m1/s1. The molecule has 3 aliphatic carbocycles. The molecule has 4 fully saturated rings. The molecule has 0 aromatic rings. The Morgan fingerprint density at radius 1 is 1.12 bits per heavy atom. The lowest BCUT2D eigenvalue weighted by atomic mass is 9.61. The summed E-state index contributed by atoms with van der Waals surface area (Å²) in [6.45, 7) is 11.1. The zero-order valence-corrected chi connectivity index (χ0v) is 20.5. The lowest BCUT2D eigenvalue weighted by Gasteiger charge is -2.45. The predicted octanol–water partition coefficient (Wildman–Crippen LogP) is 5.74. The van der Waals surface area contributed by atoms with E-state index < -0.39 is 24.6 Å². The van der Waals surface area contributed by atoms with E-state index >= 15 is 0 Å². The van der Waals surface area contributed by atoms with Crippen molar-refractivity contribution in [2.24, 2.45) is 29.1 Å². The van der Waals surface area contributed by atoms with Gasteiger partial charge in [-0.3, -0.25) is 0 Å². The topological polar surface area (TPSA) is 43.7 Å². The minimum absolute atomic E-state index is 0.278. The van der Waals surface area contributed by atoms with Gasteiger partial charge in [-0.15, -0.1) is 0 Å². The van der Waals surface area contributed by atoms with E-state index in [0.29, 0.717) is 49.1 Å². The molecule has 3 saturated carbocycles. The first-order chi connectivity index (χ1) is 15.7. The molecule has 186 valence electrons. The highest BCUT2D eigenvalue weighted by atomic mass is 19.3. The first-order valence-corrected chi connectivity index (χ1v) is 13.1. The SMILES string of the molecule is C=C1[C@H](O)CC(=CC=C2CCC[C@]3(C)[C@@H](C(C)CN4CCCC(C(F)F)C4)CC[C@@H]23)C[C@H]1O. The van der Waals surface area contributed by atoms with Gasteiger partial charge in [0.05, 0.1) is 12.2 Å². The molecule has 0 aromatic carbocycles. The van der Waals surface area contributed by atoms with Crippen LogP contribution in [-0.4, -0.2) is 53.4 Å². The first kappa shape index (κ1) is 25.1. The number of hydrogen-bond acceptors (Lipinski definition) is 3. The Balaban J connectivity index is 1.42. The third kappa shape index (κ3) is 5.31. The highest BCUT2D eigenvalue weighted by molar-refractivity contribution is 5.29. The van der Waals surface area contributed by atoms with E-state index in [-0.39, 0.29) is 5.41 Å².